The Balaban J connectivity index is 1.43. The maximum atomic E-state index is 4.80. The lowest BCUT2D eigenvalue weighted by molar-refractivity contribution is 1.01. The number of H-pyrrole nitrogens is 1. The van der Waals surface area contributed by atoms with E-state index in [9.17, 15) is 0 Å². The molecule has 0 aliphatic heterocycles. The quantitative estimate of drug-likeness (QED) is 0.315. The highest BCUT2D eigenvalue weighted by Crippen LogP contribution is 2.26. The molecule has 0 saturated carbocycles. The number of halogens is 1. The Morgan fingerprint density at radius 3 is 2.58 bits per heavy atom. The Hall–Kier alpha value is -3.51. The zero-order chi connectivity index (χ0) is 21.0. The number of aromatic nitrogens is 4. The normalized spacial score (nSPS) is 11.0. The van der Waals surface area contributed by atoms with Crippen LogP contribution >= 0.6 is 15.9 Å². The first-order valence-corrected chi connectivity index (χ1v) is 10.9. The minimum Gasteiger partial charge on any atom is -0.370 e. The van der Waals surface area contributed by atoms with Crippen LogP contribution in [0.5, 0.6) is 0 Å². The first-order valence-electron chi connectivity index (χ1n) is 10.1. The van der Waals surface area contributed by atoms with Crippen molar-refractivity contribution in [2.45, 2.75) is 6.42 Å². The van der Waals surface area contributed by atoms with E-state index in [-0.39, 0.29) is 0 Å². The molecule has 3 aromatic heterocycles. The predicted molar refractivity (Wildman–Crippen MR) is 129 cm³/mol. The molecule has 2 N–H and O–H groups in total. The van der Waals surface area contributed by atoms with Crippen LogP contribution in [-0.2, 0) is 6.42 Å². The zero-order valence-corrected chi connectivity index (χ0v) is 18.3. The molecule has 0 bridgehead atoms. The molecule has 0 saturated heterocycles. The SMILES string of the molecule is Brc1cncc(-c2cc(NCCc3c[nH]c4ccccc34)nc(-c3ccccc3)n2)c1. The molecule has 0 aliphatic rings. The second-order valence-corrected chi connectivity index (χ2v) is 8.17. The van der Waals surface area contributed by atoms with E-state index < -0.39 is 0 Å². The van der Waals surface area contributed by atoms with Crippen LogP contribution in [0.2, 0.25) is 0 Å². The van der Waals surface area contributed by atoms with Gasteiger partial charge in [-0.25, -0.2) is 9.97 Å². The van der Waals surface area contributed by atoms with Gasteiger partial charge in [-0.15, -0.1) is 0 Å². The molecule has 0 unspecified atom stereocenters. The van der Waals surface area contributed by atoms with E-state index in [1.807, 2.05) is 54.7 Å². The van der Waals surface area contributed by atoms with E-state index in [0.717, 1.165) is 45.6 Å². The van der Waals surface area contributed by atoms with Gasteiger partial charge in [0.25, 0.3) is 0 Å². The average molecular weight is 470 g/mol. The number of pyridine rings is 1. The summed E-state index contributed by atoms with van der Waals surface area (Å²) >= 11 is 3.50. The lowest BCUT2D eigenvalue weighted by atomic mass is 10.1. The number of anilines is 1. The third-order valence-electron chi connectivity index (χ3n) is 5.13. The molecule has 2 aromatic carbocycles. The van der Waals surface area contributed by atoms with Crippen LogP contribution in [0.3, 0.4) is 0 Å². The lowest BCUT2D eigenvalue weighted by Crippen LogP contribution is -2.07. The lowest BCUT2D eigenvalue weighted by Gasteiger charge is -2.11. The van der Waals surface area contributed by atoms with E-state index in [2.05, 4.69) is 55.6 Å². The summed E-state index contributed by atoms with van der Waals surface area (Å²) in [6.45, 7) is 0.767. The van der Waals surface area contributed by atoms with Crippen LogP contribution in [0, 0.1) is 0 Å². The molecule has 6 heteroatoms. The van der Waals surface area contributed by atoms with Crippen LogP contribution in [0.25, 0.3) is 33.5 Å². The largest absolute Gasteiger partial charge is 0.370 e. The van der Waals surface area contributed by atoms with Crippen LogP contribution in [0.1, 0.15) is 5.56 Å². The summed E-state index contributed by atoms with van der Waals surface area (Å²) in [4.78, 5) is 17.2. The van der Waals surface area contributed by atoms with Gasteiger partial charge in [-0.1, -0.05) is 48.5 Å². The standard InChI is InChI=1S/C25H20BrN5/c26-20-12-19(14-27-16-20)23-13-24(31-25(30-23)17-6-2-1-3-7-17)28-11-10-18-15-29-22-9-5-4-8-21(18)22/h1-9,12-16,29H,10-11H2,(H,28,30,31). The minimum absolute atomic E-state index is 0.688. The third kappa shape index (κ3) is 4.34. The van der Waals surface area contributed by atoms with Crippen LogP contribution in [-0.4, -0.2) is 26.5 Å². The van der Waals surface area contributed by atoms with E-state index in [0.29, 0.717) is 5.82 Å². The van der Waals surface area contributed by atoms with Crippen molar-refractivity contribution in [2.24, 2.45) is 0 Å². The molecule has 0 amide bonds. The first kappa shape index (κ1) is 19.5. The number of hydrogen-bond acceptors (Lipinski definition) is 4. The number of aromatic amines is 1. The Morgan fingerprint density at radius 1 is 0.871 bits per heavy atom. The van der Waals surface area contributed by atoms with Gasteiger partial charge in [-0.3, -0.25) is 4.98 Å². The third-order valence-corrected chi connectivity index (χ3v) is 5.57. The Morgan fingerprint density at radius 2 is 1.71 bits per heavy atom. The van der Waals surface area contributed by atoms with Gasteiger partial charge >= 0.3 is 0 Å². The summed E-state index contributed by atoms with van der Waals surface area (Å²) in [5, 5.41) is 4.75. The first-order chi connectivity index (χ1) is 15.3. The van der Waals surface area contributed by atoms with Crippen molar-refractivity contribution in [3.63, 3.8) is 0 Å². The van der Waals surface area contributed by atoms with Gasteiger partial charge in [0.15, 0.2) is 5.82 Å². The molecule has 5 rings (SSSR count). The molecule has 152 valence electrons. The zero-order valence-electron chi connectivity index (χ0n) is 16.7. The Kier molecular flexibility index (Phi) is 5.46. The fourth-order valence-corrected chi connectivity index (χ4v) is 3.98. The number of fused-ring (bicyclic) bond motifs is 1. The monoisotopic (exact) mass is 469 g/mol. The maximum absolute atomic E-state index is 4.80. The molecule has 3 heterocycles. The summed E-state index contributed by atoms with van der Waals surface area (Å²) in [5.41, 5.74) is 5.20. The van der Waals surface area contributed by atoms with Crippen molar-refractivity contribution in [1.29, 1.82) is 0 Å². The molecular weight excluding hydrogens is 450 g/mol. The summed E-state index contributed by atoms with van der Waals surface area (Å²) in [6, 6.07) is 22.4. The van der Waals surface area contributed by atoms with Crippen molar-refractivity contribution >= 4 is 32.7 Å². The molecule has 5 aromatic rings. The number of nitrogens with one attached hydrogen (secondary N) is 2. The molecular formula is C25H20BrN5. The minimum atomic E-state index is 0.688. The number of benzene rings is 2. The van der Waals surface area contributed by atoms with Crippen LogP contribution in [0.15, 0.2) is 89.8 Å². The Bertz CT molecular complexity index is 1330. The molecule has 0 atom stereocenters. The van der Waals surface area contributed by atoms with Gasteiger partial charge in [-0.05, 0) is 40.0 Å². The highest BCUT2D eigenvalue weighted by atomic mass is 79.9. The fraction of sp³-hybridized carbons (Fsp3) is 0.0800. The van der Waals surface area contributed by atoms with Gasteiger partial charge in [0.2, 0.25) is 0 Å². The number of hydrogen-bond donors (Lipinski definition) is 2. The van der Waals surface area contributed by atoms with E-state index in [1.54, 1.807) is 6.20 Å². The van der Waals surface area contributed by atoms with Gasteiger partial charge < -0.3 is 10.3 Å². The van der Waals surface area contributed by atoms with Gasteiger partial charge in [0.1, 0.15) is 5.82 Å². The molecule has 0 aliphatic carbocycles. The van der Waals surface area contributed by atoms with Crippen LogP contribution in [0.4, 0.5) is 5.82 Å². The van der Waals surface area contributed by atoms with E-state index in [4.69, 9.17) is 9.97 Å². The van der Waals surface area contributed by atoms with Crippen molar-refractivity contribution in [3.8, 4) is 22.6 Å². The van der Waals surface area contributed by atoms with Gasteiger partial charge in [-0.2, -0.15) is 0 Å². The number of nitrogens with zero attached hydrogens (tertiary/aromatic N) is 3. The number of rotatable bonds is 6. The summed E-state index contributed by atoms with van der Waals surface area (Å²) in [7, 11) is 0. The molecule has 5 nitrogen and oxygen atoms in total. The molecule has 31 heavy (non-hydrogen) atoms. The van der Waals surface area contributed by atoms with Crippen molar-refractivity contribution < 1.29 is 0 Å². The van der Waals surface area contributed by atoms with Gasteiger partial charge in [0, 0.05) is 57.7 Å². The van der Waals surface area contributed by atoms with Crippen LogP contribution < -0.4 is 5.32 Å². The smallest absolute Gasteiger partial charge is 0.162 e. The van der Waals surface area contributed by atoms with E-state index in [1.165, 1.54) is 10.9 Å². The molecule has 0 fully saturated rings. The van der Waals surface area contributed by atoms with E-state index >= 15 is 0 Å². The number of para-hydroxylation sites is 1. The van der Waals surface area contributed by atoms with Crippen molar-refractivity contribution in [1.82, 2.24) is 19.9 Å². The summed E-state index contributed by atoms with van der Waals surface area (Å²) in [6.07, 6.45) is 6.56. The molecule has 0 spiro atoms. The van der Waals surface area contributed by atoms with Gasteiger partial charge in [0.05, 0.1) is 5.69 Å². The fourth-order valence-electron chi connectivity index (χ4n) is 3.62. The highest BCUT2D eigenvalue weighted by molar-refractivity contribution is 9.10. The van der Waals surface area contributed by atoms with Crippen molar-refractivity contribution in [2.75, 3.05) is 11.9 Å². The predicted octanol–water partition coefficient (Wildman–Crippen LogP) is 6.10. The second-order valence-electron chi connectivity index (χ2n) is 7.26. The second kappa shape index (κ2) is 8.70. The summed E-state index contributed by atoms with van der Waals surface area (Å²) < 4.78 is 0.915. The highest BCUT2D eigenvalue weighted by Gasteiger charge is 2.10. The average Bonchev–Trinajstić information content (AvgIpc) is 3.23. The topological polar surface area (TPSA) is 66.5 Å². The molecule has 0 radical (unpaired) electrons. The van der Waals surface area contributed by atoms with Crippen molar-refractivity contribution in [3.05, 3.63) is 95.4 Å². The summed E-state index contributed by atoms with van der Waals surface area (Å²) in [5.74, 6) is 1.48. The Labute approximate surface area is 188 Å². The maximum Gasteiger partial charge on any atom is 0.162 e.